The number of nitrogens with zero attached hydrogens (tertiary/aromatic N) is 3. The van der Waals surface area contributed by atoms with Crippen LogP contribution in [-0.2, 0) is 4.74 Å². The van der Waals surface area contributed by atoms with Gasteiger partial charge in [-0.1, -0.05) is 37.3 Å². The van der Waals surface area contributed by atoms with E-state index in [9.17, 15) is 4.79 Å². The van der Waals surface area contributed by atoms with E-state index >= 15 is 0 Å². The second-order valence-corrected chi connectivity index (χ2v) is 7.06. The van der Waals surface area contributed by atoms with E-state index in [1.807, 2.05) is 22.9 Å². The lowest BCUT2D eigenvalue weighted by molar-refractivity contribution is 0.0882. The van der Waals surface area contributed by atoms with E-state index in [0.29, 0.717) is 23.6 Å². The Morgan fingerprint density at radius 3 is 2.70 bits per heavy atom. The molecule has 2 aromatic rings. The molecule has 0 amide bonds. The average Bonchev–Trinajstić information content (AvgIpc) is 2.97. The summed E-state index contributed by atoms with van der Waals surface area (Å²) >= 11 is 0. The monoisotopic (exact) mass is 309 g/mol. The van der Waals surface area contributed by atoms with Crippen molar-refractivity contribution in [3.63, 3.8) is 0 Å². The summed E-state index contributed by atoms with van der Waals surface area (Å²) in [6, 6.07) is 10.6. The van der Waals surface area contributed by atoms with Crippen LogP contribution in [0.5, 0.6) is 0 Å². The molecule has 5 nitrogen and oxygen atoms in total. The van der Waals surface area contributed by atoms with E-state index in [-0.39, 0.29) is 17.7 Å². The highest BCUT2D eigenvalue weighted by Gasteiger charge is 2.58. The maximum absolute atomic E-state index is 12.7. The Bertz CT molecular complexity index is 760. The highest BCUT2D eigenvalue weighted by molar-refractivity contribution is 5.97. The van der Waals surface area contributed by atoms with Crippen LogP contribution in [0.2, 0.25) is 0 Å². The normalized spacial score (nSPS) is 34.2. The van der Waals surface area contributed by atoms with Gasteiger partial charge < -0.3 is 4.74 Å². The Morgan fingerprint density at radius 2 is 1.96 bits per heavy atom. The molecule has 3 heterocycles. The summed E-state index contributed by atoms with van der Waals surface area (Å²) in [6.45, 7) is 3.60. The lowest BCUT2D eigenvalue weighted by Crippen LogP contribution is -2.14. The van der Waals surface area contributed by atoms with Gasteiger partial charge in [0.05, 0.1) is 19.3 Å². The standard InChI is InChI=1S/C18H19N3O2/c1-10-7-14(11-5-3-2-4-6-11)21-18(10)19-17(20-21)16(22)15-12-8-23-9-13(12)15/h2-6,10,12-15H,7-9H2,1H3/t10-,12?,13?,14-,15?/m0/s1. The van der Waals surface area contributed by atoms with Crippen molar-refractivity contribution in [2.75, 3.05) is 13.2 Å². The number of carbonyl (C=O) groups excluding carboxylic acids is 1. The summed E-state index contributed by atoms with van der Waals surface area (Å²) < 4.78 is 7.35. The minimum absolute atomic E-state index is 0.0948. The average molecular weight is 309 g/mol. The Morgan fingerprint density at radius 1 is 1.22 bits per heavy atom. The van der Waals surface area contributed by atoms with Gasteiger partial charge in [0.15, 0.2) is 0 Å². The number of Topliss-reactive ketones (excluding diaryl/α,β-unsaturated/α-hetero) is 1. The van der Waals surface area contributed by atoms with Crippen LogP contribution < -0.4 is 0 Å². The molecule has 23 heavy (non-hydrogen) atoms. The van der Waals surface area contributed by atoms with Gasteiger partial charge >= 0.3 is 0 Å². The van der Waals surface area contributed by atoms with Crippen molar-refractivity contribution in [1.29, 1.82) is 0 Å². The van der Waals surface area contributed by atoms with Crippen LogP contribution in [0.25, 0.3) is 0 Å². The molecule has 1 saturated heterocycles. The highest BCUT2D eigenvalue weighted by Crippen LogP contribution is 2.52. The molecule has 0 radical (unpaired) electrons. The van der Waals surface area contributed by atoms with Crippen LogP contribution in [-0.4, -0.2) is 33.8 Å². The quantitative estimate of drug-likeness (QED) is 0.817. The Kier molecular flexibility index (Phi) is 2.77. The number of hydrogen-bond donors (Lipinski definition) is 0. The predicted octanol–water partition coefficient (Wildman–Crippen LogP) is 2.45. The molecule has 3 aliphatic rings. The van der Waals surface area contributed by atoms with Crippen LogP contribution in [0, 0.1) is 17.8 Å². The molecule has 0 spiro atoms. The van der Waals surface area contributed by atoms with E-state index in [1.165, 1.54) is 5.56 Å². The zero-order valence-electron chi connectivity index (χ0n) is 13.1. The molecular weight excluding hydrogens is 290 g/mol. The van der Waals surface area contributed by atoms with Crippen molar-refractivity contribution in [3.05, 3.63) is 47.5 Å². The van der Waals surface area contributed by atoms with Gasteiger partial charge in [-0.05, 0) is 23.8 Å². The maximum atomic E-state index is 12.7. The largest absolute Gasteiger partial charge is 0.381 e. The fourth-order valence-corrected chi connectivity index (χ4v) is 4.28. The van der Waals surface area contributed by atoms with Crippen LogP contribution in [0.4, 0.5) is 0 Å². The molecule has 1 aromatic carbocycles. The second kappa shape index (κ2) is 4.74. The van der Waals surface area contributed by atoms with Crippen LogP contribution in [0.1, 0.15) is 47.3 Å². The molecule has 1 aliphatic carbocycles. The highest BCUT2D eigenvalue weighted by atomic mass is 16.5. The molecule has 5 rings (SSSR count). The van der Waals surface area contributed by atoms with E-state index in [0.717, 1.165) is 25.5 Å². The van der Waals surface area contributed by atoms with Crippen molar-refractivity contribution in [1.82, 2.24) is 14.8 Å². The van der Waals surface area contributed by atoms with Gasteiger partial charge in [0.25, 0.3) is 0 Å². The summed E-state index contributed by atoms with van der Waals surface area (Å²) in [5, 5.41) is 4.60. The van der Waals surface area contributed by atoms with Gasteiger partial charge in [-0.2, -0.15) is 0 Å². The summed E-state index contributed by atoms with van der Waals surface area (Å²) in [5.74, 6) is 2.71. The van der Waals surface area contributed by atoms with Gasteiger partial charge in [0.1, 0.15) is 5.82 Å². The van der Waals surface area contributed by atoms with Gasteiger partial charge in [-0.3, -0.25) is 4.79 Å². The molecule has 1 saturated carbocycles. The number of benzene rings is 1. The van der Waals surface area contributed by atoms with Crippen molar-refractivity contribution in [2.24, 2.45) is 17.8 Å². The number of aromatic nitrogens is 3. The van der Waals surface area contributed by atoms with Crippen molar-refractivity contribution in [2.45, 2.75) is 25.3 Å². The fraction of sp³-hybridized carbons (Fsp3) is 0.500. The minimum atomic E-state index is 0.0948. The molecule has 2 unspecified atom stereocenters. The van der Waals surface area contributed by atoms with Gasteiger partial charge in [0, 0.05) is 11.8 Å². The van der Waals surface area contributed by atoms with E-state index in [2.05, 4.69) is 29.1 Å². The third-order valence-corrected chi connectivity index (χ3v) is 5.63. The lowest BCUT2D eigenvalue weighted by atomic mass is 10.0. The first-order valence-electron chi connectivity index (χ1n) is 8.37. The SMILES string of the molecule is C[C@H]1C[C@@H](c2ccccc2)n2nc(C(=O)C3C4COCC43)nc21. The van der Waals surface area contributed by atoms with Gasteiger partial charge in [-0.25, -0.2) is 9.67 Å². The summed E-state index contributed by atoms with van der Waals surface area (Å²) in [4.78, 5) is 17.3. The minimum Gasteiger partial charge on any atom is -0.381 e. The number of rotatable bonds is 3. The number of hydrogen-bond acceptors (Lipinski definition) is 4. The fourth-order valence-electron chi connectivity index (χ4n) is 4.28. The smallest absolute Gasteiger partial charge is 0.217 e. The summed E-state index contributed by atoms with van der Waals surface area (Å²) in [7, 11) is 0. The Balaban J connectivity index is 1.46. The zero-order valence-corrected chi connectivity index (χ0v) is 13.1. The summed E-state index contributed by atoms with van der Waals surface area (Å²) in [6.07, 6.45) is 0.996. The van der Waals surface area contributed by atoms with Crippen molar-refractivity contribution >= 4 is 5.78 Å². The predicted molar refractivity (Wildman–Crippen MR) is 83.3 cm³/mol. The Hall–Kier alpha value is -2.01. The molecule has 0 N–H and O–H groups in total. The molecule has 5 heteroatoms. The first kappa shape index (κ1) is 13.4. The molecular formula is C18H19N3O2. The van der Waals surface area contributed by atoms with E-state index < -0.39 is 0 Å². The Labute approximate surface area is 134 Å². The third-order valence-electron chi connectivity index (χ3n) is 5.63. The van der Waals surface area contributed by atoms with Crippen LogP contribution in [0.3, 0.4) is 0 Å². The second-order valence-electron chi connectivity index (χ2n) is 7.06. The molecule has 1 aromatic heterocycles. The zero-order chi connectivity index (χ0) is 15.6. The van der Waals surface area contributed by atoms with Crippen LogP contribution in [0.15, 0.2) is 30.3 Å². The number of fused-ring (bicyclic) bond motifs is 2. The molecule has 4 atom stereocenters. The number of ketones is 1. The number of ether oxygens (including phenoxy) is 1. The first-order valence-corrected chi connectivity index (χ1v) is 8.37. The molecule has 118 valence electrons. The molecule has 2 aliphatic heterocycles. The van der Waals surface area contributed by atoms with Crippen molar-refractivity contribution < 1.29 is 9.53 Å². The molecule has 2 fully saturated rings. The van der Waals surface area contributed by atoms with E-state index in [1.54, 1.807) is 0 Å². The van der Waals surface area contributed by atoms with Crippen LogP contribution >= 0.6 is 0 Å². The number of carbonyl (C=O) groups is 1. The third kappa shape index (κ3) is 1.92. The van der Waals surface area contributed by atoms with E-state index in [4.69, 9.17) is 4.74 Å². The first-order chi connectivity index (χ1) is 11.2. The topological polar surface area (TPSA) is 57.0 Å². The van der Waals surface area contributed by atoms with Gasteiger partial charge in [0.2, 0.25) is 11.6 Å². The molecule has 0 bridgehead atoms. The summed E-state index contributed by atoms with van der Waals surface area (Å²) in [5.41, 5.74) is 1.23. The van der Waals surface area contributed by atoms with Crippen molar-refractivity contribution in [3.8, 4) is 0 Å². The van der Waals surface area contributed by atoms with Gasteiger partial charge in [-0.15, -0.1) is 5.10 Å². The lowest BCUT2D eigenvalue weighted by Gasteiger charge is -2.11. The maximum Gasteiger partial charge on any atom is 0.217 e.